The van der Waals surface area contributed by atoms with Crippen LogP contribution in [0, 0.1) is 5.92 Å². The standard InChI is InChI=1S/C13H22N2O3/c1-9-5-7-14(10(2)8-9)13(18)15-6-3-4-11(15)12(16)17/h9-11H,3-8H2,1-2H3,(H,16,17)/t9?,10?,11-/m1/s1. The summed E-state index contributed by atoms with van der Waals surface area (Å²) in [6.07, 6.45) is 3.40. The Morgan fingerprint density at radius 2 is 1.83 bits per heavy atom. The lowest BCUT2D eigenvalue weighted by Gasteiger charge is -2.39. The number of carboxylic acids is 1. The first kappa shape index (κ1) is 13.2. The maximum absolute atomic E-state index is 12.4. The Bertz CT molecular complexity index is 345. The largest absolute Gasteiger partial charge is 0.480 e. The van der Waals surface area contributed by atoms with Crippen LogP contribution in [-0.4, -0.2) is 52.1 Å². The lowest BCUT2D eigenvalue weighted by molar-refractivity contribution is -0.141. The van der Waals surface area contributed by atoms with Gasteiger partial charge in [0.1, 0.15) is 6.04 Å². The van der Waals surface area contributed by atoms with E-state index >= 15 is 0 Å². The second-order valence-electron chi connectivity index (χ2n) is 5.64. The SMILES string of the molecule is CC1CCN(C(=O)N2CCC[C@@H]2C(=O)O)C(C)C1. The van der Waals surface area contributed by atoms with E-state index in [4.69, 9.17) is 5.11 Å². The van der Waals surface area contributed by atoms with Crippen LogP contribution in [0.15, 0.2) is 0 Å². The van der Waals surface area contributed by atoms with E-state index in [9.17, 15) is 9.59 Å². The number of likely N-dealkylation sites (tertiary alicyclic amines) is 2. The van der Waals surface area contributed by atoms with Gasteiger partial charge in [-0.3, -0.25) is 0 Å². The molecular formula is C13H22N2O3. The highest BCUT2D eigenvalue weighted by atomic mass is 16.4. The predicted octanol–water partition coefficient (Wildman–Crippen LogP) is 1.78. The first-order valence-corrected chi connectivity index (χ1v) is 6.80. The van der Waals surface area contributed by atoms with E-state index in [1.165, 1.54) is 4.90 Å². The third kappa shape index (κ3) is 2.44. The highest BCUT2D eigenvalue weighted by Gasteiger charge is 2.38. The van der Waals surface area contributed by atoms with Gasteiger partial charge >= 0.3 is 12.0 Å². The molecule has 1 N–H and O–H groups in total. The van der Waals surface area contributed by atoms with Gasteiger partial charge in [-0.05, 0) is 38.5 Å². The Morgan fingerprint density at radius 1 is 1.11 bits per heavy atom. The van der Waals surface area contributed by atoms with Gasteiger partial charge < -0.3 is 14.9 Å². The van der Waals surface area contributed by atoms with Crippen molar-refractivity contribution >= 4 is 12.0 Å². The minimum Gasteiger partial charge on any atom is -0.480 e. The van der Waals surface area contributed by atoms with E-state index in [1.807, 2.05) is 4.90 Å². The van der Waals surface area contributed by atoms with Crippen LogP contribution in [-0.2, 0) is 4.79 Å². The van der Waals surface area contributed by atoms with Crippen LogP contribution in [0.2, 0.25) is 0 Å². The quantitative estimate of drug-likeness (QED) is 0.776. The van der Waals surface area contributed by atoms with Crippen LogP contribution < -0.4 is 0 Å². The van der Waals surface area contributed by atoms with Crippen molar-refractivity contribution in [1.82, 2.24) is 9.80 Å². The summed E-state index contributed by atoms with van der Waals surface area (Å²) in [5.41, 5.74) is 0. The summed E-state index contributed by atoms with van der Waals surface area (Å²) >= 11 is 0. The first-order valence-electron chi connectivity index (χ1n) is 6.80. The fraction of sp³-hybridized carbons (Fsp3) is 0.846. The molecule has 0 saturated carbocycles. The second kappa shape index (κ2) is 5.16. The fourth-order valence-electron chi connectivity index (χ4n) is 3.11. The number of carbonyl (C=O) groups excluding carboxylic acids is 1. The molecule has 0 aromatic carbocycles. The third-order valence-corrected chi connectivity index (χ3v) is 4.17. The summed E-state index contributed by atoms with van der Waals surface area (Å²) in [5.74, 6) is -0.225. The predicted molar refractivity (Wildman–Crippen MR) is 67.3 cm³/mol. The lowest BCUT2D eigenvalue weighted by atomic mass is 9.94. The molecule has 2 saturated heterocycles. The zero-order valence-electron chi connectivity index (χ0n) is 11.1. The maximum Gasteiger partial charge on any atom is 0.326 e. The highest BCUT2D eigenvalue weighted by molar-refractivity contribution is 5.83. The monoisotopic (exact) mass is 254 g/mol. The Balaban J connectivity index is 2.04. The van der Waals surface area contributed by atoms with Crippen LogP contribution in [0.3, 0.4) is 0 Å². The Morgan fingerprint density at radius 3 is 2.44 bits per heavy atom. The molecule has 2 aliphatic rings. The minimum atomic E-state index is -0.876. The molecule has 2 rings (SSSR count). The molecule has 18 heavy (non-hydrogen) atoms. The molecule has 2 aliphatic heterocycles. The molecule has 102 valence electrons. The fourth-order valence-corrected chi connectivity index (χ4v) is 3.11. The summed E-state index contributed by atoms with van der Waals surface area (Å²) < 4.78 is 0. The number of nitrogens with zero attached hydrogens (tertiary/aromatic N) is 2. The van der Waals surface area contributed by atoms with Gasteiger partial charge in [0.05, 0.1) is 0 Å². The number of hydrogen-bond acceptors (Lipinski definition) is 2. The highest BCUT2D eigenvalue weighted by Crippen LogP contribution is 2.26. The van der Waals surface area contributed by atoms with E-state index < -0.39 is 12.0 Å². The smallest absolute Gasteiger partial charge is 0.326 e. The van der Waals surface area contributed by atoms with Crippen LogP contribution in [0.25, 0.3) is 0 Å². The van der Waals surface area contributed by atoms with E-state index in [0.717, 1.165) is 25.8 Å². The molecule has 0 bridgehead atoms. The van der Waals surface area contributed by atoms with Crippen LogP contribution >= 0.6 is 0 Å². The van der Waals surface area contributed by atoms with Crippen LogP contribution in [0.4, 0.5) is 4.79 Å². The third-order valence-electron chi connectivity index (χ3n) is 4.17. The summed E-state index contributed by atoms with van der Waals surface area (Å²) in [6.45, 7) is 5.59. The van der Waals surface area contributed by atoms with Crippen molar-refractivity contribution in [2.24, 2.45) is 5.92 Å². The zero-order chi connectivity index (χ0) is 13.3. The number of hydrogen-bond donors (Lipinski definition) is 1. The number of piperidine rings is 1. The molecule has 2 heterocycles. The number of urea groups is 1. The van der Waals surface area contributed by atoms with Crippen molar-refractivity contribution in [3.05, 3.63) is 0 Å². The molecule has 2 fully saturated rings. The Kier molecular flexibility index (Phi) is 3.78. The molecule has 0 radical (unpaired) electrons. The number of carbonyl (C=O) groups is 2. The van der Waals surface area contributed by atoms with Gasteiger partial charge in [0.15, 0.2) is 0 Å². The Hall–Kier alpha value is -1.26. The van der Waals surface area contributed by atoms with Crippen molar-refractivity contribution in [1.29, 1.82) is 0 Å². The summed E-state index contributed by atoms with van der Waals surface area (Å²) in [6, 6.07) is -0.486. The number of amides is 2. The molecule has 5 nitrogen and oxygen atoms in total. The van der Waals surface area contributed by atoms with Crippen LogP contribution in [0.5, 0.6) is 0 Å². The molecule has 0 aromatic rings. The van der Waals surface area contributed by atoms with Gasteiger partial charge in [0.2, 0.25) is 0 Å². The topological polar surface area (TPSA) is 60.9 Å². The zero-order valence-corrected chi connectivity index (χ0v) is 11.1. The number of carboxylic acid groups (broad SMARTS) is 1. The molecule has 0 aromatic heterocycles. The van der Waals surface area contributed by atoms with Crippen molar-refractivity contribution in [2.45, 2.75) is 51.6 Å². The van der Waals surface area contributed by atoms with Gasteiger partial charge in [-0.1, -0.05) is 6.92 Å². The van der Waals surface area contributed by atoms with Crippen molar-refractivity contribution in [2.75, 3.05) is 13.1 Å². The molecule has 0 aliphatic carbocycles. The van der Waals surface area contributed by atoms with Gasteiger partial charge in [0, 0.05) is 19.1 Å². The van der Waals surface area contributed by atoms with Gasteiger partial charge in [0.25, 0.3) is 0 Å². The van der Waals surface area contributed by atoms with E-state index in [1.54, 1.807) is 0 Å². The number of aliphatic carboxylic acids is 1. The molecule has 3 atom stereocenters. The van der Waals surface area contributed by atoms with Gasteiger partial charge in [-0.25, -0.2) is 9.59 Å². The van der Waals surface area contributed by atoms with E-state index in [0.29, 0.717) is 18.9 Å². The van der Waals surface area contributed by atoms with E-state index in [-0.39, 0.29) is 12.1 Å². The van der Waals surface area contributed by atoms with Crippen molar-refractivity contribution < 1.29 is 14.7 Å². The first-order chi connectivity index (χ1) is 8.50. The van der Waals surface area contributed by atoms with Gasteiger partial charge in [-0.15, -0.1) is 0 Å². The maximum atomic E-state index is 12.4. The number of rotatable bonds is 1. The van der Waals surface area contributed by atoms with Gasteiger partial charge in [-0.2, -0.15) is 0 Å². The lowest BCUT2D eigenvalue weighted by Crippen LogP contribution is -2.53. The average Bonchev–Trinajstić information content (AvgIpc) is 2.77. The molecule has 5 heteroatoms. The summed E-state index contributed by atoms with van der Waals surface area (Å²) in [4.78, 5) is 26.9. The van der Waals surface area contributed by atoms with Crippen molar-refractivity contribution in [3.63, 3.8) is 0 Å². The average molecular weight is 254 g/mol. The molecule has 2 amide bonds. The van der Waals surface area contributed by atoms with Crippen molar-refractivity contribution in [3.8, 4) is 0 Å². The molecule has 2 unspecified atom stereocenters. The normalized spacial score (nSPS) is 32.7. The Labute approximate surface area is 108 Å². The minimum absolute atomic E-state index is 0.0840. The van der Waals surface area contributed by atoms with Crippen LogP contribution in [0.1, 0.15) is 39.5 Å². The summed E-state index contributed by atoms with van der Waals surface area (Å²) in [7, 11) is 0. The van der Waals surface area contributed by atoms with E-state index in [2.05, 4.69) is 13.8 Å². The second-order valence-corrected chi connectivity index (χ2v) is 5.64. The summed E-state index contributed by atoms with van der Waals surface area (Å²) in [5, 5.41) is 9.13. The molecular weight excluding hydrogens is 232 g/mol. The molecule has 0 spiro atoms.